The topological polar surface area (TPSA) is 64.1 Å². The molecular formula is C18H25N3O3S. The molecule has 2 aromatic rings. The SMILES string of the molecule is CCNC(=NCc1ccsc1)NCc1ccc(OC)c(OC)c1OC. The molecule has 0 atom stereocenters. The van der Waals surface area contributed by atoms with E-state index in [0.717, 1.165) is 18.1 Å². The maximum Gasteiger partial charge on any atom is 0.203 e. The lowest BCUT2D eigenvalue weighted by Gasteiger charge is -2.17. The van der Waals surface area contributed by atoms with Gasteiger partial charge < -0.3 is 24.8 Å². The van der Waals surface area contributed by atoms with Gasteiger partial charge in [0.05, 0.1) is 27.9 Å². The van der Waals surface area contributed by atoms with Crippen LogP contribution in [-0.4, -0.2) is 33.8 Å². The van der Waals surface area contributed by atoms with Gasteiger partial charge in [0.1, 0.15) is 0 Å². The Hall–Kier alpha value is -2.41. The number of methoxy groups -OCH3 is 3. The average Bonchev–Trinajstić information content (AvgIpc) is 3.16. The van der Waals surface area contributed by atoms with Crippen molar-refractivity contribution in [3.8, 4) is 17.2 Å². The maximum absolute atomic E-state index is 5.52. The summed E-state index contributed by atoms with van der Waals surface area (Å²) in [4.78, 5) is 4.61. The lowest BCUT2D eigenvalue weighted by Crippen LogP contribution is -2.36. The highest BCUT2D eigenvalue weighted by Gasteiger charge is 2.15. The Labute approximate surface area is 152 Å². The van der Waals surface area contributed by atoms with Gasteiger partial charge in [0.15, 0.2) is 17.5 Å². The van der Waals surface area contributed by atoms with E-state index in [0.29, 0.717) is 30.3 Å². The van der Waals surface area contributed by atoms with Crippen molar-refractivity contribution in [3.63, 3.8) is 0 Å². The van der Waals surface area contributed by atoms with Crippen LogP contribution in [0.1, 0.15) is 18.1 Å². The van der Waals surface area contributed by atoms with E-state index in [1.54, 1.807) is 32.7 Å². The summed E-state index contributed by atoms with van der Waals surface area (Å²) in [5.41, 5.74) is 2.16. The second-order valence-electron chi connectivity index (χ2n) is 5.17. The van der Waals surface area contributed by atoms with Gasteiger partial charge in [-0.2, -0.15) is 11.3 Å². The van der Waals surface area contributed by atoms with Gasteiger partial charge in [0.25, 0.3) is 0 Å². The third kappa shape index (κ3) is 5.03. The fourth-order valence-corrected chi connectivity index (χ4v) is 3.04. The number of guanidine groups is 1. The molecule has 0 aliphatic rings. The van der Waals surface area contributed by atoms with Crippen molar-refractivity contribution < 1.29 is 14.2 Å². The van der Waals surface area contributed by atoms with Crippen LogP contribution >= 0.6 is 11.3 Å². The molecule has 7 heteroatoms. The largest absolute Gasteiger partial charge is 0.493 e. The second-order valence-corrected chi connectivity index (χ2v) is 5.95. The van der Waals surface area contributed by atoms with Gasteiger partial charge in [0, 0.05) is 18.7 Å². The van der Waals surface area contributed by atoms with Crippen molar-refractivity contribution in [1.29, 1.82) is 0 Å². The van der Waals surface area contributed by atoms with Gasteiger partial charge in [-0.05, 0) is 41.4 Å². The van der Waals surface area contributed by atoms with Gasteiger partial charge in [-0.15, -0.1) is 0 Å². The van der Waals surface area contributed by atoms with E-state index >= 15 is 0 Å². The van der Waals surface area contributed by atoms with Crippen molar-refractivity contribution in [2.45, 2.75) is 20.0 Å². The summed E-state index contributed by atoms with van der Waals surface area (Å²) in [6.07, 6.45) is 0. The number of hydrogen-bond donors (Lipinski definition) is 2. The Kier molecular flexibility index (Phi) is 7.40. The molecule has 1 aromatic carbocycles. The van der Waals surface area contributed by atoms with Gasteiger partial charge in [-0.3, -0.25) is 0 Å². The molecular weight excluding hydrogens is 338 g/mol. The average molecular weight is 363 g/mol. The summed E-state index contributed by atoms with van der Waals surface area (Å²) in [6, 6.07) is 5.90. The summed E-state index contributed by atoms with van der Waals surface area (Å²) >= 11 is 1.67. The van der Waals surface area contributed by atoms with Crippen LogP contribution in [-0.2, 0) is 13.1 Å². The Bertz CT molecular complexity index is 687. The number of rotatable bonds is 8. The lowest BCUT2D eigenvalue weighted by atomic mass is 10.1. The fourth-order valence-electron chi connectivity index (χ4n) is 2.38. The van der Waals surface area contributed by atoms with E-state index in [2.05, 4.69) is 32.5 Å². The first-order valence-corrected chi connectivity index (χ1v) is 8.98. The molecule has 0 amide bonds. The van der Waals surface area contributed by atoms with Gasteiger partial charge in [0.2, 0.25) is 5.75 Å². The lowest BCUT2D eigenvalue weighted by molar-refractivity contribution is 0.322. The zero-order valence-electron chi connectivity index (χ0n) is 15.1. The summed E-state index contributed by atoms with van der Waals surface area (Å²) in [5, 5.41) is 10.7. The number of nitrogens with one attached hydrogen (secondary N) is 2. The summed E-state index contributed by atoms with van der Waals surface area (Å²) in [6.45, 7) is 4.03. The quantitative estimate of drug-likeness (QED) is 0.558. The van der Waals surface area contributed by atoms with E-state index in [9.17, 15) is 0 Å². The van der Waals surface area contributed by atoms with Crippen LogP contribution in [0.3, 0.4) is 0 Å². The minimum absolute atomic E-state index is 0.555. The van der Waals surface area contributed by atoms with Crippen molar-refractivity contribution in [3.05, 3.63) is 40.1 Å². The molecule has 0 spiro atoms. The zero-order chi connectivity index (χ0) is 18.1. The van der Waals surface area contributed by atoms with Gasteiger partial charge >= 0.3 is 0 Å². The Morgan fingerprint density at radius 3 is 2.44 bits per heavy atom. The third-order valence-electron chi connectivity index (χ3n) is 3.58. The molecule has 0 aliphatic carbocycles. The molecule has 0 aliphatic heterocycles. The first-order chi connectivity index (χ1) is 12.2. The van der Waals surface area contributed by atoms with Crippen LogP contribution in [0, 0.1) is 0 Å². The standard InChI is InChI=1S/C18H25N3O3S/c1-5-19-18(20-10-13-8-9-25-12-13)21-11-14-6-7-15(22-2)17(24-4)16(14)23-3/h6-9,12H,5,10-11H2,1-4H3,(H2,19,20,21). The summed E-state index contributed by atoms with van der Waals surface area (Å²) in [5.74, 6) is 2.64. The van der Waals surface area contributed by atoms with Gasteiger partial charge in [-0.25, -0.2) is 4.99 Å². The molecule has 2 rings (SSSR count). The molecule has 0 saturated heterocycles. The van der Waals surface area contributed by atoms with Crippen LogP contribution in [0.15, 0.2) is 34.0 Å². The smallest absolute Gasteiger partial charge is 0.203 e. The van der Waals surface area contributed by atoms with Crippen molar-refractivity contribution in [2.75, 3.05) is 27.9 Å². The van der Waals surface area contributed by atoms with Crippen LogP contribution in [0.2, 0.25) is 0 Å². The number of hydrogen-bond acceptors (Lipinski definition) is 5. The first kappa shape index (κ1) is 18.9. The summed E-state index contributed by atoms with van der Waals surface area (Å²) < 4.78 is 16.3. The molecule has 136 valence electrons. The highest BCUT2D eigenvalue weighted by atomic mass is 32.1. The van der Waals surface area contributed by atoms with Crippen molar-refractivity contribution in [2.24, 2.45) is 4.99 Å². The van der Waals surface area contributed by atoms with E-state index < -0.39 is 0 Å². The predicted octanol–water partition coefficient (Wildman–Crippen LogP) is 3.03. The Morgan fingerprint density at radius 2 is 1.84 bits per heavy atom. The predicted molar refractivity (Wildman–Crippen MR) is 102 cm³/mol. The normalized spacial score (nSPS) is 11.1. The number of nitrogens with zero attached hydrogens (tertiary/aromatic N) is 1. The fraction of sp³-hybridized carbons (Fsp3) is 0.389. The summed E-state index contributed by atoms with van der Waals surface area (Å²) in [7, 11) is 4.83. The molecule has 0 saturated carbocycles. The third-order valence-corrected chi connectivity index (χ3v) is 4.31. The second kappa shape index (κ2) is 9.78. The van der Waals surface area contributed by atoms with E-state index in [1.165, 1.54) is 5.56 Å². The molecule has 25 heavy (non-hydrogen) atoms. The molecule has 1 heterocycles. The molecule has 1 aromatic heterocycles. The van der Waals surface area contributed by atoms with E-state index in [-0.39, 0.29) is 0 Å². The highest BCUT2D eigenvalue weighted by molar-refractivity contribution is 7.07. The van der Waals surface area contributed by atoms with Crippen molar-refractivity contribution in [1.82, 2.24) is 10.6 Å². The highest BCUT2D eigenvalue weighted by Crippen LogP contribution is 2.39. The minimum atomic E-state index is 0.555. The minimum Gasteiger partial charge on any atom is -0.493 e. The molecule has 0 radical (unpaired) electrons. The van der Waals surface area contributed by atoms with Crippen LogP contribution < -0.4 is 24.8 Å². The molecule has 2 N–H and O–H groups in total. The number of ether oxygens (including phenoxy) is 3. The number of thiophene rings is 1. The molecule has 0 fully saturated rings. The molecule has 6 nitrogen and oxygen atoms in total. The maximum atomic E-state index is 5.52. The Morgan fingerprint density at radius 1 is 1.04 bits per heavy atom. The Balaban J connectivity index is 2.12. The molecule has 0 unspecified atom stereocenters. The van der Waals surface area contributed by atoms with Gasteiger partial charge in [-0.1, -0.05) is 0 Å². The van der Waals surface area contributed by atoms with Crippen LogP contribution in [0.4, 0.5) is 0 Å². The van der Waals surface area contributed by atoms with E-state index in [1.807, 2.05) is 19.1 Å². The number of aliphatic imine (C=N–C) groups is 1. The van der Waals surface area contributed by atoms with Crippen molar-refractivity contribution >= 4 is 17.3 Å². The van der Waals surface area contributed by atoms with E-state index in [4.69, 9.17) is 14.2 Å². The first-order valence-electron chi connectivity index (χ1n) is 8.04. The zero-order valence-corrected chi connectivity index (χ0v) is 15.9. The monoisotopic (exact) mass is 363 g/mol. The molecule has 0 bridgehead atoms. The van der Waals surface area contributed by atoms with Crippen LogP contribution in [0.25, 0.3) is 0 Å². The number of benzene rings is 1. The van der Waals surface area contributed by atoms with Crippen LogP contribution in [0.5, 0.6) is 17.2 Å².